The van der Waals surface area contributed by atoms with Crippen LogP contribution in [-0.4, -0.2) is 39.0 Å². The Bertz CT molecular complexity index is 1220. The van der Waals surface area contributed by atoms with Crippen LogP contribution in [0.1, 0.15) is 30.0 Å². The number of thioether (sulfide) groups is 1. The number of H-pyrrole nitrogens is 1. The van der Waals surface area contributed by atoms with E-state index in [4.69, 9.17) is 9.15 Å². The van der Waals surface area contributed by atoms with Gasteiger partial charge in [-0.15, -0.1) is 11.3 Å². The molecule has 7 nitrogen and oxygen atoms in total. The average molecular weight is 453 g/mol. The highest BCUT2D eigenvalue weighted by molar-refractivity contribution is 7.99. The third-order valence-corrected chi connectivity index (χ3v) is 6.70. The van der Waals surface area contributed by atoms with Crippen LogP contribution in [0.4, 0.5) is 0 Å². The van der Waals surface area contributed by atoms with Gasteiger partial charge in [-0.2, -0.15) is 5.10 Å². The summed E-state index contributed by atoms with van der Waals surface area (Å²) >= 11 is 2.98. The summed E-state index contributed by atoms with van der Waals surface area (Å²) in [6.45, 7) is 2.56. The fourth-order valence-electron chi connectivity index (χ4n) is 3.52. The molecule has 5 rings (SSSR count). The van der Waals surface area contributed by atoms with Crippen LogP contribution in [0.3, 0.4) is 0 Å². The number of ether oxygens (including phenoxy) is 1. The lowest BCUT2D eigenvalue weighted by Crippen LogP contribution is -2.28. The Morgan fingerprint density at radius 3 is 3.06 bits per heavy atom. The number of furan rings is 1. The van der Waals surface area contributed by atoms with Crippen LogP contribution in [0.25, 0.3) is 11.0 Å². The van der Waals surface area contributed by atoms with E-state index in [2.05, 4.69) is 15.1 Å². The first-order valence-corrected chi connectivity index (χ1v) is 11.8. The summed E-state index contributed by atoms with van der Waals surface area (Å²) in [7, 11) is 0. The van der Waals surface area contributed by atoms with Crippen molar-refractivity contribution in [2.45, 2.75) is 24.5 Å². The van der Waals surface area contributed by atoms with E-state index in [0.29, 0.717) is 18.2 Å². The summed E-state index contributed by atoms with van der Waals surface area (Å²) in [6.07, 6.45) is 2.26. The van der Waals surface area contributed by atoms with Crippen molar-refractivity contribution in [1.82, 2.24) is 15.0 Å². The van der Waals surface area contributed by atoms with Crippen LogP contribution in [0, 0.1) is 0 Å². The third kappa shape index (κ3) is 4.11. The summed E-state index contributed by atoms with van der Waals surface area (Å²) < 4.78 is 11.1. The Labute approximate surface area is 187 Å². The standard InChI is InChI=1S/C22H20N4O3S2/c1-2-28-14-7-8-15-16(11-14)24-22(23-15)31-13-21(27)26-18(19-5-3-9-29-19)12-17(25-26)20-6-4-10-30-20/h3-11,18H,2,12-13H2,1H3,(H,23,24). The first-order chi connectivity index (χ1) is 15.2. The topological polar surface area (TPSA) is 83.7 Å². The summed E-state index contributed by atoms with van der Waals surface area (Å²) in [5.41, 5.74) is 2.63. The van der Waals surface area contributed by atoms with Crippen LogP contribution in [0.2, 0.25) is 0 Å². The molecule has 31 heavy (non-hydrogen) atoms. The lowest BCUT2D eigenvalue weighted by Gasteiger charge is -2.19. The maximum atomic E-state index is 13.1. The minimum atomic E-state index is -0.232. The molecule has 0 bridgehead atoms. The fourth-order valence-corrected chi connectivity index (χ4v) is 4.98. The monoisotopic (exact) mass is 452 g/mol. The number of imidazole rings is 1. The fraction of sp³-hybridized carbons (Fsp3) is 0.227. The number of hydrazone groups is 1. The number of amides is 1. The zero-order valence-electron chi connectivity index (χ0n) is 16.8. The smallest absolute Gasteiger partial charge is 0.253 e. The second-order valence-electron chi connectivity index (χ2n) is 6.94. The number of rotatable bonds is 7. The number of aromatic nitrogens is 2. The van der Waals surface area contributed by atoms with E-state index in [9.17, 15) is 4.79 Å². The maximum absolute atomic E-state index is 13.1. The first-order valence-electron chi connectivity index (χ1n) is 9.93. The number of nitrogens with one attached hydrogen (secondary N) is 1. The minimum Gasteiger partial charge on any atom is -0.494 e. The number of carbonyl (C=O) groups is 1. The Morgan fingerprint density at radius 2 is 2.29 bits per heavy atom. The molecule has 4 aromatic rings. The second-order valence-corrected chi connectivity index (χ2v) is 8.85. The largest absolute Gasteiger partial charge is 0.494 e. The summed E-state index contributed by atoms with van der Waals surface area (Å²) in [5, 5.41) is 8.90. The van der Waals surface area contributed by atoms with Gasteiger partial charge in [0.25, 0.3) is 5.91 Å². The van der Waals surface area contributed by atoms with Crippen molar-refractivity contribution < 1.29 is 13.9 Å². The van der Waals surface area contributed by atoms with Crippen molar-refractivity contribution in [3.05, 3.63) is 64.7 Å². The van der Waals surface area contributed by atoms with Gasteiger partial charge in [0.1, 0.15) is 17.6 Å². The van der Waals surface area contributed by atoms with E-state index >= 15 is 0 Å². The summed E-state index contributed by atoms with van der Waals surface area (Å²) in [5.74, 6) is 1.66. The number of aromatic amines is 1. The SMILES string of the molecule is CCOc1ccc2nc(SCC(=O)N3N=C(c4cccs4)CC3c3ccco3)[nH]c2c1. The first kappa shape index (κ1) is 19.9. The van der Waals surface area contributed by atoms with E-state index in [1.807, 2.05) is 54.8 Å². The molecule has 9 heteroatoms. The second kappa shape index (κ2) is 8.60. The van der Waals surface area contributed by atoms with Gasteiger partial charge in [0.2, 0.25) is 0 Å². The van der Waals surface area contributed by atoms with E-state index in [0.717, 1.165) is 33.1 Å². The van der Waals surface area contributed by atoms with Gasteiger partial charge >= 0.3 is 0 Å². The number of thiophene rings is 1. The predicted molar refractivity (Wildman–Crippen MR) is 122 cm³/mol. The molecule has 1 atom stereocenters. The molecule has 0 fully saturated rings. The molecule has 1 unspecified atom stereocenters. The Balaban J connectivity index is 1.32. The quantitative estimate of drug-likeness (QED) is 0.395. The number of benzene rings is 1. The van der Waals surface area contributed by atoms with Crippen LogP contribution in [0.15, 0.2) is 68.8 Å². The van der Waals surface area contributed by atoms with Crippen LogP contribution in [-0.2, 0) is 4.79 Å². The number of hydrogen-bond acceptors (Lipinski definition) is 7. The maximum Gasteiger partial charge on any atom is 0.253 e. The molecular formula is C22H20N4O3S2. The van der Waals surface area contributed by atoms with Crippen LogP contribution < -0.4 is 4.74 Å². The van der Waals surface area contributed by atoms with Gasteiger partial charge in [0.15, 0.2) is 5.16 Å². The number of nitrogens with zero attached hydrogens (tertiary/aromatic N) is 3. The molecule has 0 radical (unpaired) electrons. The highest BCUT2D eigenvalue weighted by Gasteiger charge is 2.35. The molecule has 3 aromatic heterocycles. The molecule has 158 valence electrons. The van der Waals surface area contributed by atoms with E-state index in [1.54, 1.807) is 22.6 Å². The van der Waals surface area contributed by atoms with Gasteiger partial charge < -0.3 is 14.1 Å². The van der Waals surface area contributed by atoms with Gasteiger partial charge in [0, 0.05) is 12.5 Å². The molecule has 0 saturated carbocycles. The number of fused-ring (bicyclic) bond motifs is 1. The molecule has 1 aromatic carbocycles. The van der Waals surface area contributed by atoms with Gasteiger partial charge in [0.05, 0.1) is 40.2 Å². The number of carbonyl (C=O) groups excluding carboxylic acids is 1. The van der Waals surface area contributed by atoms with Gasteiger partial charge in [-0.3, -0.25) is 4.79 Å². The lowest BCUT2D eigenvalue weighted by atomic mass is 10.1. The average Bonchev–Trinajstić information content (AvgIpc) is 3.56. The zero-order chi connectivity index (χ0) is 21.2. The summed E-state index contributed by atoms with van der Waals surface area (Å²) in [6, 6.07) is 13.2. The van der Waals surface area contributed by atoms with Crippen molar-refractivity contribution in [2.24, 2.45) is 5.10 Å². The molecule has 1 N–H and O–H groups in total. The molecular weight excluding hydrogens is 432 g/mol. The highest BCUT2D eigenvalue weighted by Crippen LogP contribution is 2.35. The predicted octanol–water partition coefficient (Wildman–Crippen LogP) is 5.09. The normalized spacial score (nSPS) is 16.1. The lowest BCUT2D eigenvalue weighted by molar-refractivity contribution is -0.130. The molecule has 1 amide bonds. The van der Waals surface area contributed by atoms with E-state index in [-0.39, 0.29) is 17.7 Å². The molecule has 1 aliphatic rings. The van der Waals surface area contributed by atoms with Gasteiger partial charge in [-0.25, -0.2) is 9.99 Å². The van der Waals surface area contributed by atoms with E-state index < -0.39 is 0 Å². The van der Waals surface area contributed by atoms with Gasteiger partial charge in [-0.05, 0) is 42.6 Å². The van der Waals surface area contributed by atoms with Crippen molar-refractivity contribution in [3.63, 3.8) is 0 Å². The molecule has 4 heterocycles. The van der Waals surface area contributed by atoms with Crippen LogP contribution in [0.5, 0.6) is 5.75 Å². The van der Waals surface area contributed by atoms with Crippen molar-refractivity contribution in [2.75, 3.05) is 12.4 Å². The van der Waals surface area contributed by atoms with Gasteiger partial charge in [-0.1, -0.05) is 17.8 Å². The molecule has 0 spiro atoms. The Morgan fingerprint density at radius 1 is 1.35 bits per heavy atom. The Hall–Kier alpha value is -3.04. The number of hydrogen-bond donors (Lipinski definition) is 1. The molecule has 0 aliphatic carbocycles. The minimum absolute atomic E-state index is 0.0894. The van der Waals surface area contributed by atoms with Crippen LogP contribution >= 0.6 is 23.1 Å². The van der Waals surface area contributed by atoms with Crippen molar-refractivity contribution in [3.8, 4) is 5.75 Å². The summed E-state index contributed by atoms with van der Waals surface area (Å²) in [4.78, 5) is 22.0. The van der Waals surface area contributed by atoms with E-state index in [1.165, 1.54) is 11.8 Å². The molecule has 0 saturated heterocycles. The highest BCUT2D eigenvalue weighted by atomic mass is 32.2. The van der Waals surface area contributed by atoms with Crippen molar-refractivity contribution in [1.29, 1.82) is 0 Å². The Kier molecular flexibility index (Phi) is 5.52. The van der Waals surface area contributed by atoms with Crippen molar-refractivity contribution >= 4 is 45.8 Å². The molecule has 1 aliphatic heterocycles. The zero-order valence-corrected chi connectivity index (χ0v) is 18.4. The third-order valence-electron chi connectivity index (χ3n) is 4.92.